The maximum absolute atomic E-state index is 11.7. The minimum atomic E-state index is -0.826. The number of carbonyl (C=O) groups is 2. The fourth-order valence-electron chi connectivity index (χ4n) is 1.75. The lowest BCUT2D eigenvalue weighted by Crippen LogP contribution is -2.38. The van der Waals surface area contributed by atoms with Crippen molar-refractivity contribution in [2.45, 2.75) is 40.7 Å². The number of hydrogen-bond acceptors (Lipinski definition) is 4. The Kier molecular flexibility index (Phi) is 6.89. The molecule has 5 nitrogen and oxygen atoms in total. The van der Waals surface area contributed by atoms with Gasteiger partial charge in [-0.15, -0.1) is 0 Å². The summed E-state index contributed by atoms with van der Waals surface area (Å²) in [6, 6.07) is 5.64. The predicted molar refractivity (Wildman–Crippen MR) is 84.8 cm³/mol. The standard InChI is InChI=1S/C17H25NO4/c1-11(2)9-18-17(20)14(5)22-16(19)10-21-15-8-6-7-12(3)13(15)4/h6-8,11,14H,9-10H2,1-5H3,(H,18,20)/t14-/m0/s1. The van der Waals surface area contributed by atoms with Gasteiger partial charge in [0.1, 0.15) is 5.75 Å². The smallest absolute Gasteiger partial charge is 0.344 e. The number of aryl methyl sites for hydroxylation is 1. The fourth-order valence-corrected chi connectivity index (χ4v) is 1.75. The predicted octanol–water partition coefficient (Wildman–Crippen LogP) is 2.39. The van der Waals surface area contributed by atoms with E-state index in [2.05, 4.69) is 5.32 Å². The summed E-state index contributed by atoms with van der Waals surface area (Å²) in [5.41, 5.74) is 2.07. The summed E-state index contributed by atoms with van der Waals surface area (Å²) in [5, 5.41) is 2.72. The van der Waals surface area contributed by atoms with Gasteiger partial charge in [0.05, 0.1) is 0 Å². The molecule has 0 aromatic heterocycles. The second kappa shape index (κ2) is 8.41. The molecule has 1 amide bonds. The molecule has 122 valence electrons. The van der Waals surface area contributed by atoms with E-state index in [9.17, 15) is 9.59 Å². The van der Waals surface area contributed by atoms with Crippen LogP contribution in [-0.4, -0.2) is 31.1 Å². The Morgan fingerprint density at radius 2 is 1.86 bits per heavy atom. The molecule has 22 heavy (non-hydrogen) atoms. The Labute approximate surface area is 132 Å². The topological polar surface area (TPSA) is 64.6 Å². The van der Waals surface area contributed by atoms with Crippen molar-refractivity contribution in [3.05, 3.63) is 29.3 Å². The van der Waals surface area contributed by atoms with Crippen LogP contribution >= 0.6 is 0 Å². The van der Waals surface area contributed by atoms with Crippen molar-refractivity contribution in [2.75, 3.05) is 13.2 Å². The lowest BCUT2D eigenvalue weighted by Gasteiger charge is -2.15. The molecule has 0 heterocycles. The first kappa shape index (κ1) is 18.0. The van der Waals surface area contributed by atoms with Crippen molar-refractivity contribution >= 4 is 11.9 Å². The van der Waals surface area contributed by atoms with Gasteiger partial charge >= 0.3 is 5.97 Å². The largest absolute Gasteiger partial charge is 0.482 e. The summed E-state index contributed by atoms with van der Waals surface area (Å²) < 4.78 is 10.5. The first-order valence-electron chi connectivity index (χ1n) is 7.47. The van der Waals surface area contributed by atoms with E-state index in [1.165, 1.54) is 0 Å². The maximum Gasteiger partial charge on any atom is 0.344 e. The Bertz CT molecular complexity index is 525. The maximum atomic E-state index is 11.7. The van der Waals surface area contributed by atoms with Gasteiger partial charge in [-0.05, 0) is 43.9 Å². The summed E-state index contributed by atoms with van der Waals surface area (Å²) >= 11 is 0. The fraction of sp³-hybridized carbons (Fsp3) is 0.529. The number of nitrogens with one attached hydrogen (secondary N) is 1. The highest BCUT2D eigenvalue weighted by atomic mass is 16.6. The highest BCUT2D eigenvalue weighted by Crippen LogP contribution is 2.20. The van der Waals surface area contributed by atoms with Gasteiger partial charge in [0.25, 0.3) is 5.91 Å². The van der Waals surface area contributed by atoms with Crippen LogP contribution in [0.4, 0.5) is 0 Å². The second-order valence-corrected chi connectivity index (χ2v) is 5.76. The zero-order chi connectivity index (χ0) is 16.7. The summed E-state index contributed by atoms with van der Waals surface area (Å²) in [4.78, 5) is 23.5. The molecule has 0 aliphatic rings. The third-order valence-corrected chi connectivity index (χ3v) is 3.26. The number of rotatable bonds is 7. The molecule has 0 aliphatic carbocycles. The van der Waals surface area contributed by atoms with E-state index in [0.717, 1.165) is 11.1 Å². The monoisotopic (exact) mass is 307 g/mol. The van der Waals surface area contributed by atoms with Gasteiger partial charge in [0, 0.05) is 6.54 Å². The van der Waals surface area contributed by atoms with E-state index < -0.39 is 12.1 Å². The van der Waals surface area contributed by atoms with Gasteiger partial charge in [-0.1, -0.05) is 26.0 Å². The minimum absolute atomic E-state index is 0.216. The van der Waals surface area contributed by atoms with E-state index in [4.69, 9.17) is 9.47 Å². The Morgan fingerprint density at radius 3 is 2.50 bits per heavy atom. The third-order valence-electron chi connectivity index (χ3n) is 3.26. The van der Waals surface area contributed by atoms with Crippen molar-refractivity contribution in [1.82, 2.24) is 5.32 Å². The minimum Gasteiger partial charge on any atom is -0.482 e. The number of esters is 1. The molecule has 0 bridgehead atoms. The molecule has 1 atom stereocenters. The lowest BCUT2D eigenvalue weighted by atomic mass is 10.1. The van der Waals surface area contributed by atoms with Crippen LogP contribution in [0.3, 0.4) is 0 Å². The summed E-state index contributed by atoms with van der Waals surface area (Å²) in [6.07, 6.45) is -0.826. The zero-order valence-corrected chi connectivity index (χ0v) is 13.9. The molecule has 1 N–H and O–H groups in total. The van der Waals surface area contributed by atoms with Crippen molar-refractivity contribution in [3.8, 4) is 5.75 Å². The van der Waals surface area contributed by atoms with E-state index in [-0.39, 0.29) is 12.5 Å². The van der Waals surface area contributed by atoms with Gasteiger partial charge < -0.3 is 14.8 Å². The van der Waals surface area contributed by atoms with E-state index in [0.29, 0.717) is 18.2 Å². The molecular formula is C17H25NO4. The zero-order valence-electron chi connectivity index (χ0n) is 13.9. The molecule has 0 aliphatic heterocycles. The molecule has 0 unspecified atom stereocenters. The number of amides is 1. The Hall–Kier alpha value is -2.04. The van der Waals surface area contributed by atoms with Gasteiger partial charge in [-0.3, -0.25) is 4.79 Å². The van der Waals surface area contributed by atoms with E-state index in [1.54, 1.807) is 13.0 Å². The molecule has 1 aromatic rings. The molecule has 1 aromatic carbocycles. The molecule has 1 rings (SSSR count). The summed E-state index contributed by atoms with van der Waals surface area (Å²) in [5.74, 6) is 0.134. The molecule has 0 saturated heterocycles. The molecular weight excluding hydrogens is 282 g/mol. The quantitative estimate of drug-likeness (QED) is 0.786. The van der Waals surface area contributed by atoms with E-state index >= 15 is 0 Å². The normalized spacial score (nSPS) is 11.9. The Balaban J connectivity index is 2.42. The summed E-state index contributed by atoms with van der Waals surface area (Å²) in [7, 11) is 0. The van der Waals surface area contributed by atoms with Gasteiger partial charge in [-0.25, -0.2) is 4.79 Å². The lowest BCUT2D eigenvalue weighted by molar-refractivity contribution is -0.156. The number of benzene rings is 1. The van der Waals surface area contributed by atoms with Crippen molar-refractivity contribution < 1.29 is 19.1 Å². The Morgan fingerprint density at radius 1 is 1.18 bits per heavy atom. The van der Waals surface area contributed by atoms with Gasteiger partial charge in [-0.2, -0.15) is 0 Å². The first-order chi connectivity index (χ1) is 10.3. The van der Waals surface area contributed by atoms with Crippen molar-refractivity contribution in [1.29, 1.82) is 0 Å². The molecule has 0 saturated carbocycles. The molecule has 0 fully saturated rings. The van der Waals surface area contributed by atoms with Crippen LogP contribution in [0.15, 0.2) is 18.2 Å². The second-order valence-electron chi connectivity index (χ2n) is 5.76. The highest BCUT2D eigenvalue weighted by molar-refractivity contribution is 5.83. The van der Waals surface area contributed by atoms with Crippen LogP contribution in [0.5, 0.6) is 5.75 Å². The average molecular weight is 307 g/mol. The summed E-state index contributed by atoms with van der Waals surface area (Å²) in [6.45, 7) is 9.78. The molecule has 0 radical (unpaired) electrons. The van der Waals surface area contributed by atoms with Crippen molar-refractivity contribution in [2.24, 2.45) is 5.92 Å². The van der Waals surface area contributed by atoms with Crippen LogP contribution in [-0.2, 0) is 14.3 Å². The number of carbonyl (C=O) groups excluding carboxylic acids is 2. The van der Waals surface area contributed by atoms with Crippen LogP contribution in [0, 0.1) is 19.8 Å². The van der Waals surface area contributed by atoms with Gasteiger partial charge in [0.15, 0.2) is 12.7 Å². The van der Waals surface area contributed by atoms with Crippen LogP contribution < -0.4 is 10.1 Å². The van der Waals surface area contributed by atoms with Crippen LogP contribution in [0.25, 0.3) is 0 Å². The third kappa shape index (κ3) is 5.76. The first-order valence-corrected chi connectivity index (χ1v) is 7.47. The van der Waals surface area contributed by atoms with Gasteiger partial charge in [0.2, 0.25) is 0 Å². The average Bonchev–Trinajstić information content (AvgIpc) is 2.46. The van der Waals surface area contributed by atoms with Crippen LogP contribution in [0.2, 0.25) is 0 Å². The van der Waals surface area contributed by atoms with Crippen LogP contribution in [0.1, 0.15) is 31.9 Å². The highest BCUT2D eigenvalue weighted by Gasteiger charge is 2.18. The van der Waals surface area contributed by atoms with E-state index in [1.807, 2.05) is 39.8 Å². The SMILES string of the molecule is Cc1cccc(OCC(=O)O[C@@H](C)C(=O)NCC(C)C)c1C. The number of ether oxygens (including phenoxy) is 2. The van der Waals surface area contributed by atoms with Crippen molar-refractivity contribution in [3.63, 3.8) is 0 Å². The molecule has 5 heteroatoms. The molecule has 0 spiro atoms. The number of hydrogen-bond donors (Lipinski definition) is 1.